The van der Waals surface area contributed by atoms with E-state index in [-0.39, 0.29) is 0 Å². The number of methoxy groups -OCH3 is 2. The second kappa shape index (κ2) is 8.70. The fourth-order valence-corrected chi connectivity index (χ4v) is 1.81. The number of nitrogens with one attached hydrogen (secondary N) is 1. The summed E-state index contributed by atoms with van der Waals surface area (Å²) in [7, 11) is 3.49. The van der Waals surface area contributed by atoms with Crippen LogP contribution in [0.3, 0.4) is 0 Å². The summed E-state index contributed by atoms with van der Waals surface area (Å²) in [5.74, 6) is 0. The van der Waals surface area contributed by atoms with Crippen molar-refractivity contribution in [2.45, 2.75) is 6.42 Å². The lowest BCUT2D eigenvalue weighted by atomic mass is 10.1. The highest BCUT2D eigenvalue weighted by atomic mass is 16.5. The Bertz CT molecular complexity index is 207. The first kappa shape index (κ1) is 13.6. The molecule has 1 rings (SSSR count). The Morgan fingerprint density at radius 3 is 2.81 bits per heavy atom. The summed E-state index contributed by atoms with van der Waals surface area (Å²) in [5.41, 5.74) is 1.44. The molecular formula is C12H24N2O2. The van der Waals surface area contributed by atoms with E-state index in [4.69, 9.17) is 9.47 Å². The Kier molecular flexibility index (Phi) is 7.42. The fourth-order valence-electron chi connectivity index (χ4n) is 1.81. The van der Waals surface area contributed by atoms with E-state index in [9.17, 15) is 0 Å². The van der Waals surface area contributed by atoms with E-state index in [1.54, 1.807) is 14.2 Å². The van der Waals surface area contributed by atoms with Gasteiger partial charge < -0.3 is 14.8 Å². The van der Waals surface area contributed by atoms with E-state index in [2.05, 4.69) is 16.3 Å². The van der Waals surface area contributed by atoms with Crippen molar-refractivity contribution in [2.75, 3.05) is 60.2 Å². The second-order valence-corrected chi connectivity index (χ2v) is 4.09. The lowest BCUT2D eigenvalue weighted by Gasteiger charge is -2.26. The Labute approximate surface area is 98.6 Å². The minimum absolute atomic E-state index is 0.790. The predicted molar refractivity (Wildman–Crippen MR) is 65.8 cm³/mol. The Hall–Kier alpha value is -0.420. The number of hydrogen-bond donors (Lipinski definition) is 1. The third kappa shape index (κ3) is 5.61. The van der Waals surface area contributed by atoms with Crippen LogP contribution in [0.1, 0.15) is 6.42 Å². The molecule has 0 spiro atoms. The van der Waals surface area contributed by atoms with Crippen molar-refractivity contribution in [3.63, 3.8) is 0 Å². The molecule has 94 valence electrons. The van der Waals surface area contributed by atoms with E-state index < -0.39 is 0 Å². The van der Waals surface area contributed by atoms with E-state index in [0.717, 1.165) is 52.4 Å². The summed E-state index contributed by atoms with van der Waals surface area (Å²) in [5, 5.41) is 3.36. The molecule has 0 unspecified atom stereocenters. The average molecular weight is 228 g/mol. The maximum Gasteiger partial charge on any atom is 0.0673 e. The van der Waals surface area contributed by atoms with Crippen molar-refractivity contribution >= 4 is 0 Å². The summed E-state index contributed by atoms with van der Waals surface area (Å²) in [4.78, 5) is 2.46. The van der Waals surface area contributed by atoms with Crippen LogP contribution in [-0.4, -0.2) is 65.1 Å². The highest BCUT2D eigenvalue weighted by Gasteiger charge is 2.10. The van der Waals surface area contributed by atoms with Gasteiger partial charge >= 0.3 is 0 Å². The smallest absolute Gasteiger partial charge is 0.0673 e. The molecule has 0 radical (unpaired) electrons. The van der Waals surface area contributed by atoms with Gasteiger partial charge in [0.15, 0.2) is 0 Å². The standard InChI is InChI=1S/C12H24N2O2/c1-15-10-6-13-5-9-14-7-3-12(4-8-14)11-16-2/h3,13H,4-11H2,1-2H3. The highest BCUT2D eigenvalue weighted by molar-refractivity contribution is 5.07. The quantitative estimate of drug-likeness (QED) is 0.484. The molecule has 1 aliphatic heterocycles. The Morgan fingerprint density at radius 1 is 1.31 bits per heavy atom. The first-order valence-electron chi connectivity index (χ1n) is 5.95. The van der Waals surface area contributed by atoms with Gasteiger partial charge in [-0.3, -0.25) is 4.90 Å². The van der Waals surface area contributed by atoms with Crippen molar-refractivity contribution in [2.24, 2.45) is 0 Å². The molecule has 0 aromatic carbocycles. The van der Waals surface area contributed by atoms with Crippen LogP contribution < -0.4 is 5.32 Å². The van der Waals surface area contributed by atoms with Gasteiger partial charge in [0.1, 0.15) is 0 Å². The zero-order valence-electron chi connectivity index (χ0n) is 10.5. The van der Waals surface area contributed by atoms with Crippen LogP contribution in [0.5, 0.6) is 0 Å². The molecule has 16 heavy (non-hydrogen) atoms. The van der Waals surface area contributed by atoms with Crippen molar-refractivity contribution in [3.8, 4) is 0 Å². The van der Waals surface area contributed by atoms with Crippen LogP contribution in [0, 0.1) is 0 Å². The van der Waals surface area contributed by atoms with Gasteiger partial charge in [-0.2, -0.15) is 0 Å². The van der Waals surface area contributed by atoms with E-state index in [1.165, 1.54) is 5.57 Å². The maximum absolute atomic E-state index is 5.13. The maximum atomic E-state index is 5.13. The van der Waals surface area contributed by atoms with E-state index in [1.807, 2.05) is 0 Å². The summed E-state index contributed by atoms with van der Waals surface area (Å²) >= 11 is 0. The van der Waals surface area contributed by atoms with Crippen LogP contribution in [0.4, 0.5) is 0 Å². The number of ether oxygens (including phenoxy) is 2. The molecule has 0 aromatic heterocycles. The van der Waals surface area contributed by atoms with Crippen LogP contribution in [0.2, 0.25) is 0 Å². The largest absolute Gasteiger partial charge is 0.383 e. The summed E-state index contributed by atoms with van der Waals surface area (Å²) in [6, 6.07) is 0. The molecule has 1 N–H and O–H groups in total. The molecule has 1 heterocycles. The van der Waals surface area contributed by atoms with Crippen molar-refractivity contribution < 1.29 is 9.47 Å². The average Bonchev–Trinajstić information content (AvgIpc) is 2.31. The van der Waals surface area contributed by atoms with Gasteiger partial charge in [0.2, 0.25) is 0 Å². The monoisotopic (exact) mass is 228 g/mol. The zero-order valence-corrected chi connectivity index (χ0v) is 10.5. The lowest BCUT2D eigenvalue weighted by Crippen LogP contribution is -2.36. The molecule has 0 saturated heterocycles. The van der Waals surface area contributed by atoms with Gasteiger partial charge in [0.05, 0.1) is 13.2 Å². The molecule has 0 amide bonds. The van der Waals surface area contributed by atoms with Crippen molar-refractivity contribution in [3.05, 3.63) is 11.6 Å². The molecule has 4 heteroatoms. The molecular weight excluding hydrogens is 204 g/mol. The van der Waals surface area contributed by atoms with Crippen LogP contribution in [0.25, 0.3) is 0 Å². The number of hydrogen-bond acceptors (Lipinski definition) is 4. The van der Waals surface area contributed by atoms with Gasteiger partial charge in [0.25, 0.3) is 0 Å². The molecule has 0 bridgehead atoms. The first-order chi connectivity index (χ1) is 7.86. The highest BCUT2D eigenvalue weighted by Crippen LogP contribution is 2.09. The molecule has 0 aliphatic carbocycles. The number of rotatable bonds is 8. The molecule has 4 nitrogen and oxygen atoms in total. The van der Waals surface area contributed by atoms with E-state index >= 15 is 0 Å². The van der Waals surface area contributed by atoms with Crippen molar-refractivity contribution in [1.82, 2.24) is 10.2 Å². The van der Waals surface area contributed by atoms with Gasteiger partial charge in [-0.05, 0) is 12.0 Å². The van der Waals surface area contributed by atoms with Crippen LogP contribution in [-0.2, 0) is 9.47 Å². The normalized spacial score (nSPS) is 17.5. The summed E-state index contributed by atoms with van der Waals surface area (Å²) in [6.07, 6.45) is 3.44. The summed E-state index contributed by atoms with van der Waals surface area (Å²) < 4.78 is 10.1. The van der Waals surface area contributed by atoms with Gasteiger partial charge in [-0.1, -0.05) is 6.08 Å². The van der Waals surface area contributed by atoms with Gasteiger partial charge in [0, 0.05) is 46.9 Å². The SMILES string of the molecule is COCCNCCN1CC=C(COC)CC1. The first-order valence-corrected chi connectivity index (χ1v) is 5.95. The van der Waals surface area contributed by atoms with Gasteiger partial charge in [-0.15, -0.1) is 0 Å². The topological polar surface area (TPSA) is 33.7 Å². The van der Waals surface area contributed by atoms with Crippen LogP contribution >= 0.6 is 0 Å². The van der Waals surface area contributed by atoms with Crippen molar-refractivity contribution in [1.29, 1.82) is 0 Å². The lowest BCUT2D eigenvalue weighted by molar-refractivity contribution is 0.195. The molecule has 1 aliphatic rings. The zero-order chi connectivity index (χ0) is 11.6. The molecule has 0 saturated carbocycles. The minimum Gasteiger partial charge on any atom is -0.383 e. The van der Waals surface area contributed by atoms with Crippen LogP contribution in [0.15, 0.2) is 11.6 Å². The fraction of sp³-hybridized carbons (Fsp3) is 0.833. The third-order valence-corrected chi connectivity index (χ3v) is 2.80. The Balaban J connectivity index is 2.03. The predicted octanol–water partition coefficient (Wildman–Crippen LogP) is 0.501. The molecule has 0 aromatic rings. The second-order valence-electron chi connectivity index (χ2n) is 4.09. The van der Waals surface area contributed by atoms with Gasteiger partial charge in [-0.25, -0.2) is 0 Å². The summed E-state index contributed by atoms with van der Waals surface area (Å²) in [6.45, 7) is 6.88. The van der Waals surface area contributed by atoms with E-state index in [0.29, 0.717) is 0 Å². The minimum atomic E-state index is 0.790. The Morgan fingerprint density at radius 2 is 2.19 bits per heavy atom. The molecule has 0 atom stereocenters. The third-order valence-electron chi connectivity index (χ3n) is 2.80. The number of nitrogens with zero attached hydrogens (tertiary/aromatic N) is 1. The molecule has 0 fully saturated rings.